The standard InChI is InChI=1S/C20H27N3O4S2/c1-4-27-13-7-12-21-20(28)22-16-11-10-15(2)19(14-16)29(24,25)23-17-8-5-6-9-18(17)26-3/h5-6,8-11,14,23H,4,7,12-13H2,1-3H3,(H2,21,22,28). The summed E-state index contributed by atoms with van der Waals surface area (Å²) in [5.74, 6) is 0.445. The lowest BCUT2D eigenvalue weighted by Gasteiger charge is -2.15. The Morgan fingerprint density at radius 3 is 2.66 bits per heavy atom. The molecule has 0 amide bonds. The molecule has 0 spiro atoms. The Kier molecular flexibility index (Phi) is 8.69. The number of sulfonamides is 1. The highest BCUT2D eigenvalue weighted by Gasteiger charge is 2.19. The molecule has 0 saturated heterocycles. The molecule has 0 radical (unpaired) electrons. The maximum Gasteiger partial charge on any atom is 0.262 e. The molecular weight excluding hydrogens is 410 g/mol. The van der Waals surface area contributed by atoms with Gasteiger partial charge in [0.15, 0.2) is 5.11 Å². The minimum absolute atomic E-state index is 0.160. The van der Waals surface area contributed by atoms with Crippen molar-refractivity contribution in [1.29, 1.82) is 0 Å². The third-order valence-corrected chi connectivity index (χ3v) is 5.80. The van der Waals surface area contributed by atoms with E-state index < -0.39 is 10.0 Å². The molecule has 0 heterocycles. The zero-order valence-electron chi connectivity index (χ0n) is 16.8. The summed E-state index contributed by atoms with van der Waals surface area (Å²) in [5, 5.41) is 6.52. The quantitative estimate of drug-likeness (QED) is 0.387. The fraction of sp³-hybridized carbons (Fsp3) is 0.350. The van der Waals surface area contributed by atoms with E-state index in [0.717, 1.165) is 6.42 Å². The van der Waals surface area contributed by atoms with Gasteiger partial charge in [0.25, 0.3) is 10.0 Å². The number of aryl methyl sites for hydroxylation is 1. The number of ether oxygens (including phenoxy) is 2. The molecule has 3 N–H and O–H groups in total. The third-order valence-electron chi connectivity index (χ3n) is 4.04. The molecule has 0 aliphatic heterocycles. The van der Waals surface area contributed by atoms with Gasteiger partial charge in [0.05, 0.1) is 17.7 Å². The fourth-order valence-electron chi connectivity index (χ4n) is 2.59. The lowest BCUT2D eigenvalue weighted by atomic mass is 10.2. The van der Waals surface area contributed by atoms with Crippen molar-refractivity contribution in [2.75, 3.05) is 36.9 Å². The Bertz CT molecular complexity index is 933. The van der Waals surface area contributed by atoms with Crippen LogP contribution in [-0.2, 0) is 14.8 Å². The number of para-hydroxylation sites is 2. The number of methoxy groups -OCH3 is 1. The second-order valence-corrected chi connectivity index (χ2v) is 8.28. The van der Waals surface area contributed by atoms with E-state index in [9.17, 15) is 8.42 Å². The summed E-state index contributed by atoms with van der Waals surface area (Å²) in [6, 6.07) is 11.9. The molecule has 2 aromatic rings. The maximum absolute atomic E-state index is 12.9. The van der Waals surface area contributed by atoms with Crippen molar-refractivity contribution in [3.63, 3.8) is 0 Å². The first kappa shape index (κ1) is 22.9. The van der Waals surface area contributed by atoms with Crippen LogP contribution >= 0.6 is 12.2 Å². The Labute approximate surface area is 177 Å². The first-order chi connectivity index (χ1) is 13.9. The van der Waals surface area contributed by atoms with Gasteiger partial charge >= 0.3 is 0 Å². The van der Waals surface area contributed by atoms with Crippen molar-refractivity contribution in [2.45, 2.75) is 25.2 Å². The Balaban J connectivity index is 2.10. The average molecular weight is 438 g/mol. The molecule has 158 valence electrons. The second-order valence-electron chi connectivity index (χ2n) is 6.22. The number of thiocarbonyl (C=S) groups is 1. The first-order valence-corrected chi connectivity index (χ1v) is 11.2. The molecule has 0 aliphatic carbocycles. The van der Waals surface area contributed by atoms with Gasteiger partial charge in [0.2, 0.25) is 0 Å². The summed E-state index contributed by atoms with van der Waals surface area (Å²) in [4.78, 5) is 0.160. The first-order valence-electron chi connectivity index (χ1n) is 9.26. The van der Waals surface area contributed by atoms with Crippen molar-refractivity contribution >= 4 is 38.7 Å². The molecule has 7 nitrogen and oxygen atoms in total. The van der Waals surface area contributed by atoms with E-state index in [0.29, 0.717) is 47.6 Å². The van der Waals surface area contributed by atoms with Gasteiger partial charge in [0.1, 0.15) is 5.75 Å². The number of hydrogen-bond donors (Lipinski definition) is 3. The molecule has 0 aliphatic rings. The third kappa shape index (κ3) is 6.88. The van der Waals surface area contributed by atoms with E-state index in [1.807, 2.05) is 6.92 Å². The van der Waals surface area contributed by atoms with Gasteiger partial charge in [-0.2, -0.15) is 0 Å². The predicted octanol–water partition coefficient (Wildman–Crippen LogP) is 3.52. The maximum atomic E-state index is 12.9. The van der Waals surface area contributed by atoms with Crippen LogP contribution in [0.1, 0.15) is 18.9 Å². The molecule has 0 atom stereocenters. The van der Waals surface area contributed by atoms with Crippen LogP contribution in [0.15, 0.2) is 47.4 Å². The molecule has 2 rings (SSSR count). The van der Waals surface area contributed by atoms with Crippen molar-refractivity contribution in [2.24, 2.45) is 0 Å². The van der Waals surface area contributed by atoms with Gasteiger partial charge in [-0.25, -0.2) is 8.42 Å². The van der Waals surface area contributed by atoms with Gasteiger partial charge < -0.3 is 20.1 Å². The van der Waals surface area contributed by atoms with Crippen LogP contribution in [0.3, 0.4) is 0 Å². The molecule has 0 saturated carbocycles. The molecular formula is C20H27N3O4S2. The van der Waals surface area contributed by atoms with E-state index in [2.05, 4.69) is 15.4 Å². The molecule has 9 heteroatoms. The van der Waals surface area contributed by atoms with E-state index in [4.69, 9.17) is 21.7 Å². The smallest absolute Gasteiger partial charge is 0.262 e. The fourth-order valence-corrected chi connectivity index (χ4v) is 4.15. The number of hydrogen-bond acceptors (Lipinski definition) is 5. The van der Waals surface area contributed by atoms with Crippen LogP contribution in [-0.4, -0.2) is 40.4 Å². The van der Waals surface area contributed by atoms with Gasteiger partial charge in [0, 0.05) is 25.4 Å². The molecule has 0 bridgehead atoms. The zero-order valence-corrected chi connectivity index (χ0v) is 18.5. The van der Waals surface area contributed by atoms with Gasteiger partial charge in [-0.05, 0) is 62.3 Å². The summed E-state index contributed by atoms with van der Waals surface area (Å²) in [7, 11) is -2.32. The van der Waals surface area contributed by atoms with E-state index in [1.54, 1.807) is 49.4 Å². The molecule has 0 fully saturated rings. The Hall–Kier alpha value is -2.36. The van der Waals surface area contributed by atoms with Crippen molar-refractivity contribution in [1.82, 2.24) is 5.32 Å². The normalized spacial score (nSPS) is 11.0. The highest BCUT2D eigenvalue weighted by molar-refractivity contribution is 7.92. The highest BCUT2D eigenvalue weighted by atomic mass is 32.2. The monoisotopic (exact) mass is 437 g/mol. The van der Waals surface area contributed by atoms with Gasteiger partial charge in [-0.1, -0.05) is 18.2 Å². The minimum Gasteiger partial charge on any atom is -0.495 e. The molecule has 0 unspecified atom stereocenters. The number of rotatable bonds is 10. The minimum atomic E-state index is -3.81. The predicted molar refractivity (Wildman–Crippen MR) is 120 cm³/mol. The van der Waals surface area contributed by atoms with Crippen LogP contribution in [0.5, 0.6) is 5.75 Å². The number of benzene rings is 2. The number of anilines is 2. The van der Waals surface area contributed by atoms with E-state index >= 15 is 0 Å². The van der Waals surface area contributed by atoms with E-state index in [-0.39, 0.29) is 4.90 Å². The van der Waals surface area contributed by atoms with Crippen molar-refractivity contribution < 1.29 is 17.9 Å². The Morgan fingerprint density at radius 1 is 1.17 bits per heavy atom. The van der Waals surface area contributed by atoms with Crippen LogP contribution in [0, 0.1) is 6.92 Å². The molecule has 29 heavy (non-hydrogen) atoms. The van der Waals surface area contributed by atoms with Crippen molar-refractivity contribution in [3.05, 3.63) is 48.0 Å². The lowest BCUT2D eigenvalue weighted by Crippen LogP contribution is -2.30. The van der Waals surface area contributed by atoms with Crippen LogP contribution in [0.25, 0.3) is 0 Å². The summed E-state index contributed by atoms with van der Waals surface area (Å²) in [5.41, 5.74) is 1.58. The Morgan fingerprint density at radius 2 is 1.93 bits per heavy atom. The summed E-state index contributed by atoms with van der Waals surface area (Å²) >= 11 is 5.28. The lowest BCUT2D eigenvalue weighted by molar-refractivity contribution is 0.146. The topological polar surface area (TPSA) is 88.7 Å². The summed E-state index contributed by atoms with van der Waals surface area (Å²) in [6.45, 7) is 5.70. The molecule has 0 aromatic heterocycles. The van der Waals surface area contributed by atoms with E-state index in [1.165, 1.54) is 7.11 Å². The second kappa shape index (κ2) is 11.0. The van der Waals surface area contributed by atoms with Crippen LogP contribution in [0.2, 0.25) is 0 Å². The zero-order chi connectivity index (χ0) is 21.3. The largest absolute Gasteiger partial charge is 0.495 e. The summed E-state index contributed by atoms with van der Waals surface area (Å²) < 4.78 is 39.0. The average Bonchev–Trinajstić information content (AvgIpc) is 2.69. The van der Waals surface area contributed by atoms with Gasteiger partial charge in [-0.3, -0.25) is 4.72 Å². The summed E-state index contributed by atoms with van der Waals surface area (Å²) in [6.07, 6.45) is 0.825. The van der Waals surface area contributed by atoms with Crippen molar-refractivity contribution in [3.8, 4) is 5.75 Å². The van der Waals surface area contributed by atoms with Crippen LogP contribution < -0.4 is 20.1 Å². The SMILES string of the molecule is CCOCCCNC(=S)Nc1ccc(C)c(S(=O)(=O)Nc2ccccc2OC)c1. The van der Waals surface area contributed by atoms with Crippen LogP contribution in [0.4, 0.5) is 11.4 Å². The van der Waals surface area contributed by atoms with Gasteiger partial charge in [-0.15, -0.1) is 0 Å². The number of nitrogens with one attached hydrogen (secondary N) is 3. The molecule has 2 aromatic carbocycles. The highest BCUT2D eigenvalue weighted by Crippen LogP contribution is 2.28.